The molecule has 0 unspecified atom stereocenters. The van der Waals surface area contributed by atoms with Crippen LogP contribution in [-0.4, -0.2) is 97.8 Å². The van der Waals surface area contributed by atoms with Crippen LogP contribution >= 0.6 is 0 Å². The number of fused-ring (bicyclic) bond motifs is 1. The highest BCUT2D eigenvalue weighted by Crippen LogP contribution is 2.32. The van der Waals surface area contributed by atoms with E-state index in [1.54, 1.807) is 6.92 Å². The summed E-state index contributed by atoms with van der Waals surface area (Å²) in [5.74, 6) is 2.13. The molecule has 2 fully saturated rings. The number of piperazine rings is 1. The minimum atomic E-state index is 0.163. The Balaban J connectivity index is 1.27. The van der Waals surface area contributed by atoms with Crippen LogP contribution in [0.25, 0.3) is 11.4 Å². The second-order valence-corrected chi connectivity index (χ2v) is 9.73. The molecule has 0 atom stereocenters. The number of ether oxygens (including phenoxy) is 1. The fourth-order valence-electron chi connectivity index (χ4n) is 5.44. The molecule has 8 heteroatoms. The normalized spacial score (nSPS) is 18.7. The lowest BCUT2D eigenvalue weighted by Crippen LogP contribution is -2.48. The van der Waals surface area contributed by atoms with Gasteiger partial charge >= 0.3 is 0 Å². The average molecular weight is 479 g/mol. The van der Waals surface area contributed by atoms with Crippen molar-refractivity contribution in [2.45, 2.75) is 33.1 Å². The first-order valence-corrected chi connectivity index (χ1v) is 13.2. The van der Waals surface area contributed by atoms with Crippen molar-refractivity contribution < 1.29 is 9.53 Å². The molecule has 2 saturated heterocycles. The zero-order valence-electron chi connectivity index (χ0n) is 21.2. The van der Waals surface area contributed by atoms with E-state index in [0.717, 1.165) is 109 Å². The highest BCUT2D eigenvalue weighted by Gasteiger charge is 2.25. The fraction of sp³-hybridized carbons (Fsp3) is 0.593. The lowest BCUT2D eigenvalue weighted by molar-refractivity contribution is -0.129. The summed E-state index contributed by atoms with van der Waals surface area (Å²) < 4.78 is 5.48. The molecule has 5 rings (SSSR count). The number of carbonyl (C=O) groups is 1. The van der Waals surface area contributed by atoms with Gasteiger partial charge in [-0.3, -0.25) is 9.69 Å². The number of amides is 1. The maximum absolute atomic E-state index is 11.6. The summed E-state index contributed by atoms with van der Waals surface area (Å²) in [6.07, 6.45) is 3.12. The van der Waals surface area contributed by atoms with Crippen molar-refractivity contribution in [2.24, 2.45) is 0 Å². The molecule has 3 aliphatic heterocycles. The number of benzene rings is 1. The van der Waals surface area contributed by atoms with Crippen molar-refractivity contribution in [3.63, 3.8) is 0 Å². The zero-order valence-corrected chi connectivity index (χ0v) is 21.2. The lowest BCUT2D eigenvalue weighted by Gasteiger charge is -2.35. The van der Waals surface area contributed by atoms with Crippen LogP contribution in [-0.2, 0) is 22.4 Å². The standard InChI is InChI=1S/C27H38N6O2/c1-3-25-24-9-12-33(11-4-10-30-17-19-35-20-18-30)27(24)29-26(28-25)22-5-7-23(8-6-22)32-15-13-31(14-16-32)21(2)34/h5-8H,3-4,9-20H2,1-2H3. The van der Waals surface area contributed by atoms with Crippen molar-refractivity contribution in [1.29, 1.82) is 0 Å². The van der Waals surface area contributed by atoms with Crippen molar-refractivity contribution in [3.8, 4) is 11.4 Å². The molecule has 3 aliphatic rings. The number of aryl methyl sites for hydroxylation is 1. The van der Waals surface area contributed by atoms with Gasteiger partial charge in [0.25, 0.3) is 0 Å². The number of aromatic nitrogens is 2. The smallest absolute Gasteiger partial charge is 0.219 e. The number of carbonyl (C=O) groups excluding carboxylic acids is 1. The predicted molar refractivity (Wildman–Crippen MR) is 139 cm³/mol. The monoisotopic (exact) mass is 478 g/mol. The predicted octanol–water partition coefficient (Wildman–Crippen LogP) is 2.46. The van der Waals surface area contributed by atoms with Gasteiger partial charge in [0, 0.05) is 88.3 Å². The van der Waals surface area contributed by atoms with Crippen LogP contribution in [0, 0.1) is 0 Å². The van der Waals surface area contributed by atoms with Gasteiger partial charge in [-0.2, -0.15) is 0 Å². The Morgan fingerprint density at radius 1 is 0.943 bits per heavy atom. The van der Waals surface area contributed by atoms with Gasteiger partial charge in [-0.25, -0.2) is 9.97 Å². The molecular formula is C27H38N6O2. The average Bonchev–Trinajstić information content (AvgIpc) is 3.32. The molecule has 8 nitrogen and oxygen atoms in total. The largest absolute Gasteiger partial charge is 0.379 e. The summed E-state index contributed by atoms with van der Waals surface area (Å²) in [5.41, 5.74) is 4.78. The second kappa shape index (κ2) is 10.9. The number of hydrogen-bond donors (Lipinski definition) is 0. The number of anilines is 2. The molecule has 0 N–H and O–H groups in total. The maximum atomic E-state index is 11.6. The van der Waals surface area contributed by atoms with Crippen LogP contribution in [0.15, 0.2) is 24.3 Å². The van der Waals surface area contributed by atoms with E-state index in [9.17, 15) is 4.79 Å². The summed E-state index contributed by atoms with van der Waals surface area (Å²) in [4.78, 5) is 30.9. The van der Waals surface area contributed by atoms with Gasteiger partial charge in [-0.05, 0) is 43.5 Å². The highest BCUT2D eigenvalue weighted by molar-refractivity contribution is 5.73. The van der Waals surface area contributed by atoms with Crippen molar-refractivity contribution in [2.75, 3.05) is 81.9 Å². The number of nitrogens with zero attached hydrogens (tertiary/aromatic N) is 6. The first-order chi connectivity index (χ1) is 17.1. The first-order valence-electron chi connectivity index (χ1n) is 13.2. The van der Waals surface area contributed by atoms with E-state index in [1.165, 1.54) is 16.9 Å². The minimum absolute atomic E-state index is 0.163. The van der Waals surface area contributed by atoms with Crippen molar-refractivity contribution >= 4 is 17.4 Å². The molecule has 188 valence electrons. The Bertz CT molecular complexity index is 1010. The third kappa shape index (κ3) is 5.43. The molecule has 0 saturated carbocycles. The van der Waals surface area contributed by atoms with E-state index in [-0.39, 0.29) is 5.91 Å². The Morgan fingerprint density at radius 2 is 1.69 bits per heavy atom. The molecular weight excluding hydrogens is 440 g/mol. The highest BCUT2D eigenvalue weighted by atomic mass is 16.5. The first kappa shape index (κ1) is 24.0. The van der Waals surface area contributed by atoms with E-state index in [2.05, 4.69) is 45.9 Å². The third-order valence-corrected chi connectivity index (χ3v) is 7.56. The lowest BCUT2D eigenvalue weighted by atomic mass is 10.1. The molecule has 1 amide bonds. The van der Waals surface area contributed by atoms with E-state index >= 15 is 0 Å². The minimum Gasteiger partial charge on any atom is -0.379 e. The summed E-state index contributed by atoms with van der Waals surface area (Å²) in [7, 11) is 0. The molecule has 2 aromatic rings. The van der Waals surface area contributed by atoms with Gasteiger partial charge in [0.15, 0.2) is 5.82 Å². The van der Waals surface area contributed by atoms with E-state index < -0.39 is 0 Å². The van der Waals surface area contributed by atoms with Gasteiger partial charge < -0.3 is 19.4 Å². The molecule has 1 aromatic carbocycles. The Morgan fingerprint density at radius 3 is 2.37 bits per heavy atom. The summed E-state index contributed by atoms with van der Waals surface area (Å²) in [6.45, 7) is 14.1. The molecule has 0 aliphatic carbocycles. The van der Waals surface area contributed by atoms with Gasteiger partial charge in [-0.15, -0.1) is 0 Å². The number of hydrogen-bond acceptors (Lipinski definition) is 7. The topological polar surface area (TPSA) is 65.0 Å². The van der Waals surface area contributed by atoms with Gasteiger partial charge in [-0.1, -0.05) is 6.92 Å². The number of rotatable bonds is 7. The SMILES string of the molecule is CCc1nc(-c2ccc(N3CCN(C(C)=O)CC3)cc2)nc2c1CCN2CCCN1CCOCC1. The molecule has 1 aromatic heterocycles. The van der Waals surface area contributed by atoms with Crippen LogP contribution in [0.1, 0.15) is 31.5 Å². The summed E-state index contributed by atoms with van der Waals surface area (Å²) in [6, 6.07) is 8.62. The van der Waals surface area contributed by atoms with Gasteiger partial charge in [0.1, 0.15) is 5.82 Å². The third-order valence-electron chi connectivity index (χ3n) is 7.56. The van der Waals surface area contributed by atoms with Gasteiger partial charge in [0.2, 0.25) is 5.91 Å². The van der Waals surface area contributed by atoms with E-state index in [0.29, 0.717) is 0 Å². The Kier molecular flexibility index (Phi) is 7.48. The van der Waals surface area contributed by atoms with Gasteiger partial charge in [0.05, 0.1) is 13.2 Å². The van der Waals surface area contributed by atoms with Crippen molar-refractivity contribution in [1.82, 2.24) is 19.8 Å². The molecule has 0 radical (unpaired) electrons. The summed E-state index contributed by atoms with van der Waals surface area (Å²) in [5, 5.41) is 0. The van der Waals surface area contributed by atoms with Crippen molar-refractivity contribution in [3.05, 3.63) is 35.5 Å². The van der Waals surface area contributed by atoms with Crippen LogP contribution in [0.4, 0.5) is 11.5 Å². The van der Waals surface area contributed by atoms with E-state index in [4.69, 9.17) is 14.7 Å². The number of morpholine rings is 1. The molecule has 0 spiro atoms. The quantitative estimate of drug-likeness (QED) is 0.606. The summed E-state index contributed by atoms with van der Waals surface area (Å²) >= 11 is 0. The molecule has 0 bridgehead atoms. The molecule has 35 heavy (non-hydrogen) atoms. The van der Waals surface area contributed by atoms with Crippen LogP contribution in [0.2, 0.25) is 0 Å². The van der Waals surface area contributed by atoms with Crippen LogP contribution in [0.5, 0.6) is 0 Å². The van der Waals surface area contributed by atoms with Crippen LogP contribution < -0.4 is 9.80 Å². The zero-order chi connectivity index (χ0) is 24.2. The van der Waals surface area contributed by atoms with Crippen LogP contribution in [0.3, 0.4) is 0 Å². The fourth-order valence-corrected chi connectivity index (χ4v) is 5.44. The molecule has 4 heterocycles. The second-order valence-electron chi connectivity index (χ2n) is 9.73. The Labute approximate surface area is 208 Å². The maximum Gasteiger partial charge on any atom is 0.219 e. The Hall–Kier alpha value is -2.71. The van der Waals surface area contributed by atoms with E-state index in [1.807, 2.05) is 4.90 Å².